The topological polar surface area (TPSA) is 54.0 Å². The molecule has 1 aromatic heterocycles. The summed E-state index contributed by atoms with van der Waals surface area (Å²) in [5.74, 6) is -0.714. The van der Waals surface area contributed by atoms with E-state index in [9.17, 15) is 9.18 Å². The van der Waals surface area contributed by atoms with Crippen LogP contribution >= 0.6 is 23.4 Å². The largest absolute Gasteiger partial charge is 0.323 e. The fourth-order valence-corrected chi connectivity index (χ4v) is 3.05. The van der Waals surface area contributed by atoms with Gasteiger partial charge >= 0.3 is 6.03 Å². The van der Waals surface area contributed by atoms with Crippen LogP contribution in [0.4, 0.5) is 14.9 Å². The SMILES string of the molecule is C=C(F)/C(=C\C(C)=C/C)NC(=O)Nc1ccc(Sc2ccnc(Cl)c2)cc1. The van der Waals surface area contributed by atoms with E-state index in [1.54, 1.807) is 37.4 Å². The van der Waals surface area contributed by atoms with Gasteiger partial charge in [-0.1, -0.05) is 41.6 Å². The molecule has 1 heterocycles. The minimum Gasteiger partial charge on any atom is -0.308 e. The van der Waals surface area contributed by atoms with Crippen molar-refractivity contribution < 1.29 is 9.18 Å². The van der Waals surface area contributed by atoms with Gasteiger partial charge in [0.25, 0.3) is 0 Å². The molecular formula is C20H19ClFN3OS. The Hall–Kier alpha value is -2.57. The molecule has 0 unspecified atom stereocenters. The molecule has 2 rings (SSSR count). The molecule has 0 atom stereocenters. The zero-order valence-electron chi connectivity index (χ0n) is 14.9. The molecule has 27 heavy (non-hydrogen) atoms. The number of carbonyl (C=O) groups is 1. The number of carbonyl (C=O) groups excluding carboxylic acids is 1. The molecule has 140 valence electrons. The lowest BCUT2D eigenvalue weighted by atomic mass is 10.2. The van der Waals surface area contributed by atoms with Crippen molar-refractivity contribution in [1.82, 2.24) is 10.3 Å². The van der Waals surface area contributed by atoms with Crippen LogP contribution in [0.2, 0.25) is 5.15 Å². The second kappa shape index (κ2) is 9.94. The third-order valence-corrected chi connectivity index (χ3v) is 4.62. The van der Waals surface area contributed by atoms with Crippen molar-refractivity contribution in [2.75, 3.05) is 5.32 Å². The van der Waals surface area contributed by atoms with E-state index in [1.807, 2.05) is 25.1 Å². The molecule has 1 aromatic carbocycles. The number of rotatable bonds is 6. The number of hydrogen-bond acceptors (Lipinski definition) is 3. The Morgan fingerprint density at radius 1 is 1.26 bits per heavy atom. The molecule has 0 saturated carbocycles. The minimum atomic E-state index is -0.714. The summed E-state index contributed by atoms with van der Waals surface area (Å²) >= 11 is 7.40. The highest BCUT2D eigenvalue weighted by Gasteiger charge is 2.08. The summed E-state index contributed by atoms with van der Waals surface area (Å²) in [4.78, 5) is 18.0. The zero-order valence-corrected chi connectivity index (χ0v) is 16.5. The molecule has 2 aromatic rings. The van der Waals surface area contributed by atoms with Gasteiger partial charge in [0.1, 0.15) is 11.0 Å². The average molecular weight is 404 g/mol. The molecule has 0 spiro atoms. The molecule has 0 bridgehead atoms. The Morgan fingerprint density at radius 2 is 1.96 bits per heavy atom. The monoisotopic (exact) mass is 403 g/mol. The van der Waals surface area contributed by atoms with Crippen LogP contribution in [0.3, 0.4) is 0 Å². The molecule has 7 heteroatoms. The Labute approximate surface area is 167 Å². The van der Waals surface area contributed by atoms with Gasteiger partial charge in [-0.05, 0) is 56.3 Å². The number of benzene rings is 1. The number of hydrogen-bond donors (Lipinski definition) is 2. The lowest BCUT2D eigenvalue weighted by Crippen LogP contribution is -2.28. The van der Waals surface area contributed by atoms with Crippen molar-refractivity contribution in [3.05, 3.63) is 83.6 Å². The van der Waals surface area contributed by atoms with E-state index >= 15 is 0 Å². The van der Waals surface area contributed by atoms with Gasteiger partial charge in [-0.15, -0.1) is 0 Å². The highest BCUT2D eigenvalue weighted by atomic mass is 35.5. The van der Waals surface area contributed by atoms with E-state index in [2.05, 4.69) is 22.2 Å². The Bertz CT molecular complexity index is 894. The molecule has 0 aliphatic heterocycles. The van der Waals surface area contributed by atoms with E-state index in [0.29, 0.717) is 10.8 Å². The molecule has 0 fully saturated rings. The number of nitrogens with one attached hydrogen (secondary N) is 2. The second-order valence-corrected chi connectivity index (χ2v) is 7.05. The molecule has 4 nitrogen and oxygen atoms in total. The van der Waals surface area contributed by atoms with Crippen molar-refractivity contribution in [3.63, 3.8) is 0 Å². The van der Waals surface area contributed by atoms with Crippen LogP contribution in [0.5, 0.6) is 0 Å². The first-order valence-corrected chi connectivity index (χ1v) is 9.23. The van der Waals surface area contributed by atoms with Crippen LogP contribution in [0.25, 0.3) is 0 Å². The molecule has 2 N–H and O–H groups in total. The van der Waals surface area contributed by atoms with Crippen LogP contribution in [-0.2, 0) is 0 Å². The normalized spacial score (nSPS) is 11.9. The number of aromatic nitrogens is 1. The number of allylic oxidation sites excluding steroid dienone is 4. The molecule has 0 aliphatic rings. The summed E-state index contributed by atoms with van der Waals surface area (Å²) in [6, 6.07) is 10.3. The first kappa shape index (κ1) is 20.7. The third kappa shape index (κ3) is 6.92. The summed E-state index contributed by atoms with van der Waals surface area (Å²) < 4.78 is 13.5. The van der Waals surface area contributed by atoms with E-state index in [-0.39, 0.29) is 5.70 Å². The number of urea groups is 1. The number of amides is 2. The van der Waals surface area contributed by atoms with Crippen molar-refractivity contribution in [2.24, 2.45) is 0 Å². The van der Waals surface area contributed by atoms with Crippen molar-refractivity contribution >= 4 is 35.1 Å². The first-order valence-electron chi connectivity index (χ1n) is 8.04. The Morgan fingerprint density at radius 3 is 2.56 bits per heavy atom. The smallest absolute Gasteiger partial charge is 0.308 e. The van der Waals surface area contributed by atoms with Crippen molar-refractivity contribution in [3.8, 4) is 0 Å². The lowest BCUT2D eigenvalue weighted by Gasteiger charge is -2.10. The van der Waals surface area contributed by atoms with Gasteiger partial charge in [0.05, 0.1) is 5.70 Å². The van der Waals surface area contributed by atoms with Gasteiger partial charge in [-0.3, -0.25) is 0 Å². The van der Waals surface area contributed by atoms with Gasteiger partial charge < -0.3 is 10.6 Å². The maximum absolute atomic E-state index is 13.5. The van der Waals surface area contributed by atoms with E-state index < -0.39 is 11.9 Å². The number of nitrogens with zero attached hydrogens (tertiary/aromatic N) is 1. The molecule has 2 amide bonds. The van der Waals surface area contributed by atoms with E-state index in [4.69, 9.17) is 11.6 Å². The third-order valence-electron chi connectivity index (χ3n) is 3.41. The zero-order chi connectivity index (χ0) is 19.8. The van der Waals surface area contributed by atoms with Crippen LogP contribution in [-0.4, -0.2) is 11.0 Å². The van der Waals surface area contributed by atoms with Crippen LogP contribution in [0, 0.1) is 0 Å². The molecule has 0 aliphatic carbocycles. The van der Waals surface area contributed by atoms with Gasteiger partial charge in [0.15, 0.2) is 0 Å². The second-order valence-electron chi connectivity index (χ2n) is 5.52. The van der Waals surface area contributed by atoms with Crippen LogP contribution in [0.1, 0.15) is 13.8 Å². The Balaban J connectivity index is 2.00. The quantitative estimate of drug-likeness (QED) is 0.437. The maximum Gasteiger partial charge on any atom is 0.323 e. The summed E-state index contributed by atoms with van der Waals surface area (Å²) in [5.41, 5.74) is 1.41. The fourth-order valence-electron chi connectivity index (χ4n) is 1.97. The maximum atomic E-state index is 13.5. The lowest BCUT2D eigenvalue weighted by molar-refractivity contribution is 0.254. The van der Waals surface area contributed by atoms with E-state index in [1.165, 1.54) is 17.8 Å². The van der Waals surface area contributed by atoms with Gasteiger partial charge in [0, 0.05) is 21.7 Å². The highest BCUT2D eigenvalue weighted by Crippen LogP contribution is 2.29. The molecule has 0 radical (unpaired) electrons. The minimum absolute atomic E-state index is 0.0184. The van der Waals surface area contributed by atoms with Crippen LogP contribution in [0.15, 0.2) is 88.2 Å². The predicted molar refractivity (Wildman–Crippen MR) is 110 cm³/mol. The summed E-state index contributed by atoms with van der Waals surface area (Å²) in [5, 5.41) is 5.55. The average Bonchev–Trinajstić information content (AvgIpc) is 2.62. The predicted octanol–water partition coefficient (Wildman–Crippen LogP) is 6.34. The molecule has 0 saturated heterocycles. The number of anilines is 1. The first-order chi connectivity index (χ1) is 12.9. The Kier molecular flexibility index (Phi) is 7.64. The van der Waals surface area contributed by atoms with Crippen LogP contribution < -0.4 is 10.6 Å². The van der Waals surface area contributed by atoms with E-state index in [0.717, 1.165) is 15.4 Å². The number of halogens is 2. The standard InChI is InChI=1S/C20H19ClFN3OS/c1-4-13(2)11-18(14(3)22)25-20(26)24-15-5-7-16(8-6-15)27-17-9-10-23-19(21)12-17/h4-12H,3H2,1-2H3,(H2,24,25,26)/b13-4-,18-11+. The summed E-state index contributed by atoms with van der Waals surface area (Å²) in [7, 11) is 0. The van der Waals surface area contributed by atoms with Gasteiger partial charge in [-0.25, -0.2) is 14.2 Å². The molecular weight excluding hydrogens is 385 g/mol. The summed E-state index contributed by atoms with van der Waals surface area (Å²) in [6.45, 7) is 6.86. The van der Waals surface area contributed by atoms with Gasteiger partial charge in [-0.2, -0.15) is 0 Å². The highest BCUT2D eigenvalue weighted by molar-refractivity contribution is 7.99. The number of pyridine rings is 1. The van der Waals surface area contributed by atoms with Gasteiger partial charge in [0.2, 0.25) is 0 Å². The summed E-state index contributed by atoms with van der Waals surface area (Å²) in [6.07, 6.45) is 4.96. The fraction of sp³-hybridized carbons (Fsp3) is 0.100. The van der Waals surface area contributed by atoms with Crippen molar-refractivity contribution in [1.29, 1.82) is 0 Å². The van der Waals surface area contributed by atoms with Crippen molar-refractivity contribution in [2.45, 2.75) is 23.6 Å².